The first-order chi connectivity index (χ1) is 18.4. The third-order valence-corrected chi connectivity index (χ3v) is 8.91. The third kappa shape index (κ3) is 6.24. The van der Waals surface area contributed by atoms with Gasteiger partial charge in [0.05, 0.1) is 33.8 Å². The number of benzene rings is 2. The zero-order valence-electron chi connectivity index (χ0n) is 20.3. The summed E-state index contributed by atoms with van der Waals surface area (Å²) in [6.07, 6.45) is -4.73. The predicted molar refractivity (Wildman–Crippen MR) is 132 cm³/mol. The molecule has 2 heterocycles. The van der Waals surface area contributed by atoms with Crippen LogP contribution in [0.1, 0.15) is 23.4 Å². The molecular formula is C23H23F3N4O7S2. The second kappa shape index (κ2) is 11.3. The molecule has 4 rings (SSSR count). The Bertz CT molecular complexity index is 1460. The first kappa shape index (κ1) is 28.5. The number of methoxy groups -OCH3 is 1. The molecular weight excluding hydrogens is 565 g/mol. The number of rotatable bonds is 7. The largest absolute Gasteiger partial charge is 0.486 e. The Balaban J connectivity index is 1.48. The van der Waals surface area contributed by atoms with Gasteiger partial charge in [-0.15, -0.1) is 11.3 Å². The van der Waals surface area contributed by atoms with Gasteiger partial charge in [0.2, 0.25) is 10.0 Å². The topological polar surface area (TPSA) is 147 Å². The van der Waals surface area contributed by atoms with Crippen LogP contribution >= 0.6 is 11.3 Å². The molecule has 2 amide bonds. The van der Waals surface area contributed by atoms with Gasteiger partial charge < -0.3 is 14.8 Å². The lowest BCUT2D eigenvalue weighted by Crippen LogP contribution is -2.62. The molecule has 1 aliphatic rings. The second-order valence-electron chi connectivity index (χ2n) is 8.47. The number of hydroxylamine groups is 1. The first-order valence-electron chi connectivity index (χ1n) is 11.4. The lowest BCUT2D eigenvalue weighted by Gasteiger charge is -2.38. The molecule has 11 nitrogen and oxygen atoms in total. The number of alkyl carbamates (subject to hydrolysis) is 1. The van der Waals surface area contributed by atoms with Gasteiger partial charge in [-0.3, -0.25) is 10.0 Å². The number of carbonyl (C=O) groups excluding carboxylic acids is 2. The normalized spacial score (nSPS) is 18.5. The van der Waals surface area contributed by atoms with Gasteiger partial charge in [-0.05, 0) is 55.3 Å². The molecule has 39 heavy (non-hydrogen) atoms. The summed E-state index contributed by atoms with van der Waals surface area (Å²) in [5.41, 5.74) is 0.844. The highest BCUT2D eigenvalue weighted by Gasteiger charge is 2.44. The minimum absolute atomic E-state index is 0.0360. The molecule has 0 saturated carbocycles. The maximum atomic E-state index is 13.4. The molecule has 1 aliphatic heterocycles. The summed E-state index contributed by atoms with van der Waals surface area (Å²) in [5.74, 6) is -0.740. The number of nitrogens with one attached hydrogen (secondary N) is 2. The Kier molecular flexibility index (Phi) is 8.29. The van der Waals surface area contributed by atoms with Gasteiger partial charge in [-0.2, -0.15) is 17.5 Å². The number of hydrogen-bond acceptors (Lipinski definition) is 9. The summed E-state index contributed by atoms with van der Waals surface area (Å²) in [7, 11) is -3.12. The number of nitrogens with zero attached hydrogens (tertiary/aromatic N) is 2. The number of thiazole rings is 1. The molecule has 3 N–H and O–H groups in total. The lowest BCUT2D eigenvalue weighted by molar-refractivity contribution is -0.137. The number of piperidine rings is 1. The fraction of sp³-hybridized carbons (Fsp3) is 0.348. The predicted octanol–water partition coefficient (Wildman–Crippen LogP) is 3.28. The van der Waals surface area contributed by atoms with E-state index in [0.717, 1.165) is 23.5 Å². The van der Waals surface area contributed by atoms with Gasteiger partial charge in [-0.25, -0.2) is 23.7 Å². The number of halogens is 3. The molecule has 0 aliphatic carbocycles. The average Bonchev–Trinajstić information content (AvgIpc) is 3.33. The van der Waals surface area contributed by atoms with E-state index in [4.69, 9.17) is 4.74 Å². The van der Waals surface area contributed by atoms with Crippen molar-refractivity contribution in [3.05, 3.63) is 53.0 Å². The third-order valence-electron chi connectivity index (χ3n) is 6.00. The molecule has 1 fully saturated rings. The first-order valence-corrected chi connectivity index (χ1v) is 13.7. The van der Waals surface area contributed by atoms with E-state index in [2.05, 4.69) is 15.0 Å². The summed E-state index contributed by atoms with van der Waals surface area (Å²) in [6, 6.07) is 6.22. The van der Waals surface area contributed by atoms with Crippen LogP contribution in [0.4, 0.5) is 18.0 Å². The minimum atomic E-state index is -4.48. The highest BCUT2D eigenvalue weighted by atomic mass is 32.2. The summed E-state index contributed by atoms with van der Waals surface area (Å²) in [4.78, 5) is 28.1. The Morgan fingerprint density at radius 3 is 2.56 bits per heavy atom. The van der Waals surface area contributed by atoms with Crippen LogP contribution in [-0.4, -0.2) is 60.7 Å². The van der Waals surface area contributed by atoms with Gasteiger partial charge in [0.15, 0.2) is 0 Å². The monoisotopic (exact) mass is 588 g/mol. The number of amides is 2. The summed E-state index contributed by atoms with van der Waals surface area (Å²) in [5, 5.41) is 12.1. The average molecular weight is 589 g/mol. The van der Waals surface area contributed by atoms with E-state index in [1.165, 1.54) is 47.1 Å². The van der Waals surface area contributed by atoms with Crippen molar-refractivity contribution in [1.82, 2.24) is 20.1 Å². The van der Waals surface area contributed by atoms with E-state index in [1.807, 2.05) is 0 Å². The lowest BCUT2D eigenvalue weighted by atomic mass is 9.98. The van der Waals surface area contributed by atoms with Crippen molar-refractivity contribution in [3.63, 3.8) is 0 Å². The zero-order valence-corrected chi connectivity index (χ0v) is 21.9. The number of carbonyl (C=O) groups is 2. The van der Waals surface area contributed by atoms with Gasteiger partial charge in [0, 0.05) is 6.54 Å². The molecule has 1 saturated heterocycles. The molecule has 3 aromatic rings. The number of aromatic nitrogens is 1. The summed E-state index contributed by atoms with van der Waals surface area (Å²) >= 11 is 1.17. The molecule has 2 atom stereocenters. The number of ether oxygens (including phenoxy) is 2. The van der Waals surface area contributed by atoms with E-state index in [9.17, 15) is 36.4 Å². The van der Waals surface area contributed by atoms with Gasteiger partial charge >= 0.3 is 12.3 Å². The van der Waals surface area contributed by atoms with E-state index in [1.54, 1.807) is 0 Å². The van der Waals surface area contributed by atoms with Crippen LogP contribution in [-0.2, 0) is 32.3 Å². The van der Waals surface area contributed by atoms with E-state index in [-0.39, 0.29) is 35.7 Å². The fourth-order valence-electron chi connectivity index (χ4n) is 4.18. The number of fused-ring (bicyclic) bond motifs is 1. The molecule has 0 radical (unpaired) electrons. The van der Waals surface area contributed by atoms with Crippen LogP contribution in [0.5, 0.6) is 5.75 Å². The van der Waals surface area contributed by atoms with E-state index >= 15 is 0 Å². The standard InChI is InChI=1S/C23H23F3N4O7S2/c1-36-22(32)28-16-3-2-10-30(20(16)21(31)29-33)39(34,35)15-7-5-14(6-8-15)37-12-19-27-17-11-13(23(24,25)26)4-9-18(17)38-19/h4-9,11,16,20,33H,2-3,10,12H2,1H3,(H,28,32)(H,29,31)/t16-,20+/m0/s1. The van der Waals surface area contributed by atoms with E-state index in [0.29, 0.717) is 16.1 Å². The van der Waals surface area contributed by atoms with Crippen molar-refractivity contribution >= 4 is 43.6 Å². The molecule has 0 bridgehead atoms. The Morgan fingerprint density at radius 2 is 1.92 bits per heavy atom. The van der Waals surface area contributed by atoms with Crippen molar-refractivity contribution in [3.8, 4) is 5.75 Å². The van der Waals surface area contributed by atoms with Crippen molar-refractivity contribution in [1.29, 1.82) is 0 Å². The zero-order chi connectivity index (χ0) is 28.4. The molecule has 210 valence electrons. The highest BCUT2D eigenvalue weighted by molar-refractivity contribution is 7.89. The number of sulfonamides is 1. The molecule has 0 spiro atoms. The van der Waals surface area contributed by atoms with Gasteiger partial charge in [0.1, 0.15) is 23.4 Å². The van der Waals surface area contributed by atoms with Gasteiger partial charge in [-0.1, -0.05) is 0 Å². The van der Waals surface area contributed by atoms with Crippen LogP contribution in [0, 0.1) is 0 Å². The van der Waals surface area contributed by atoms with Crippen LogP contribution < -0.4 is 15.5 Å². The van der Waals surface area contributed by atoms with Crippen LogP contribution in [0.15, 0.2) is 47.4 Å². The second-order valence-corrected chi connectivity index (χ2v) is 11.5. The maximum absolute atomic E-state index is 13.4. The van der Waals surface area contributed by atoms with Crippen molar-refractivity contribution in [2.45, 2.75) is 42.6 Å². The number of alkyl halides is 3. The van der Waals surface area contributed by atoms with Gasteiger partial charge in [0.25, 0.3) is 5.91 Å². The fourth-order valence-corrected chi connectivity index (χ4v) is 6.70. The van der Waals surface area contributed by atoms with Crippen LogP contribution in [0.2, 0.25) is 0 Å². The maximum Gasteiger partial charge on any atom is 0.416 e. The summed E-state index contributed by atoms with van der Waals surface area (Å²) in [6.45, 7) is -0.0930. The molecule has 1 aromatic heterocycles. The van der Waals surface area contributed by atoms with Crippen molar-refractivity contribution in [2.75, 3.05) is 13.7 Å². The quantitative estimate of drug-likeness (QED) is 0.282. The Morgan fingerprint density at radius 1 is 1.21 bits per heavy atom. The SMILES string of the molecule is COC(=O)N[C@H]1CCCN(S(=O)(=O)c2ccc(OCc3nc4cc(C(F)(F)F)ccc4s3)cc2)[C@H]1C(=O)NO. The molecule has 0 unspecified atom stereocenters. The highest BCUT2D eigenvalue weighted by Crippen LogP contribution is 2.33. The van der Waals surface area contributed by atoms with Crippen LogP contribution in [0.25, 0.3) is 10.2 Å². The number of hydrogen-bond donors (Lipinski definition) is 3. The van der Waals surface area contributed by atoms with Crippen LogP contribution in [0.3, 0.4) is 0 Å². The molecule has 16 heteroatoms. The van der Waals surface area contributed by atoms with Crippen molar-refractivity contribution < 1.29 is 45.9 Å². The Labute approximate surface area is 224 Å². The smallest absolute Gasteiger partial charge is 0.416 e. The summed E-state index contributed by atoms with van der Waals surface area (Å²) < 4.78 is 77.3. The van der Waals surface area contributed by atoms with E-state index < -0.39 is 45.8 Å². The Hall–Kier alpha value is -3.47. The van der Waals surface area contributed by atoms with Crippen molar-refractivity contribution in [2.24, 2.45) is 0 Å². The molecule has 2 aromatic carbocycles. The minimum Gasteiger partial charge on any atom is -0.486 e.